The number of carbonyl (C=O) groups is 1. The number of aromatic nitrogens is 1. The van der Waals surface area contributed by atoms with E-state index in [1.54, 1.807) is 6.92 Å². The quantitative estimate of drug-likeness (QED) is 0.843. The Balaban J connectivity index is 1.47. The standard InChI is InChI=1S/C20H30N4O/c1-15-12-18(23-10-8-22(9-11-23)14-17-5-6-17)13-19(21-15)20-4-3-7-24(20)16(2)25/h12-13,17,20H,3-11,14H2,1-2H3/t20-/m1/s1. The zero-order chi connectivity index (χ0) is 17.4. The molecule has 5 heteroatoms. The third-order valence-corrected chi connectivity index (χ3v) is 5.91. The predicted molar refractivity (Wildman–Crippen MR) is 99.7 cm³/mol. The number of nitrogens with zero attached hydrogens (tertiary/aromatic N) is 4. The van der Waals surface area contributed by atoms with Crippen molar-refractivity contribution < 1.29 is 4.79 Å². The average molecular weight is 342 g/mol. The molecule has 1 saturated carbocycles. The molecule has 5 nitrogen and oxygen atoms in total. The van der Waals surface area contributed by atoms with Crippen molar-refractivity contribution in [3.63, 3.8) is 0 Å². The van der Waals surface area contributed by atoms with Gasteiger partial charge in [-0.05, 0) is 50.7 Å². The Hall–Kier alpha value is -1.62. The molecule has 3 heterocycles. The van der Waals surface area contributed by atoms with Gasteiger partial charge in [-0.25, -0.2) is 0 Å². The van der Waals surface area contributed by atoms with Crippen molar-refractivity contribution >= 4 is 11.6 Å². The third kappa shape index (κ3) is 3.81. The smallest absolute Gasteiger partial charge is 0.220 e. The lowest BCUT2D eigenvalue weighted by Gasteiger charge is -2.36. The normalized spacial score (nSPS) is 24.8. The van der Waals surface area contributed by atoms with E-state index in [2.05, 4.69) is 28.9 Å². The first-order chi connectivity index (χ1) is 12.1. The number of carbonyl (C=O) groups excluding carboxylic acids is 1. The lowest BCUT2D eigenvalue weighted by molar-refractivity contribution is -0.129. The van der Waals surface area contributed by atoms with Crippen LogP contribution in [0.5, 0.6) is 0 Å². The second kappa shape index (κ2) is 6.94. The molecule has 4 rings (SSSR count). The highest BCUT2D eigenvalue weighted by Crippen LogP contribution is 2.33. The molecule has 2 saturated heterocycles. The molecule has 0 N–H and O–H groups in total. The maximum absolute atomic E-state index is 11.9. The van der Waals surface area contributed by atoms with Crippen LogP contribution in [0.15, 0.2) is 12.1 Å². The highest BCUT2D eigenvalue weighted by Gasteiger charge is 2.30. The van der Waals surface area contributed by atoms with Crippen molar-refractivity contribution in [3.05, 3.63) is 23.5 Å². The first-order valence-electron chi connectivity index (χ1n) is 9.83. The Morgan fingerprint density at radius 3 is 2.56 bits per heavy atom. The SMILES string of the molecule is CC(=O)N1CCC[C@@H]1c1cc(N2CCN(CC3CC3)CC2)cc(C)n1. The summed E-state index contributed by atoms with van der Waals surface area (Å²) in [5.74, 6) is 1.14. The van der Waals surface area contributed by atoms with Crippen LogP contribution < -0.4 is 4.90 Å². The van der Waals surface area contributed by atoms with Crippen LogP contribution in [0, 0.1) is 12.8 Å². The predicted octanol–water partition coefficient (Wildman–Crippen LogP) is 2.61. The summed E-state index contributed by atoms with van der Waals surface area (Å²) in [6.07, 6.45) is 4.97. The van der Waals surface area contributed by atoms with Crippen molar-refractivity contribution in [1.29, 1.82) is 0 Å². The molecule has 136 valence electrons. The molecular formula is C20H30N4O. The molecular weight excluding hydrogens is 312 g/mol. The maximum Gasteiger partial charge on any atom is 0.220 e. The van der Waals surface area contributed by atoms with Crippen LogP contribution in [-0.4, -0.2) is 60.0 Å². The van der Waals surface area contributed by atoms with Crippen molar-refractivity contribution in [1.82, 2.24) is 14.8 Å². The van der Waals surface area contributed by atoms with E-state index in [1.165, 1.54) is 25.1 Å². The minimum absolute atomic E-state index is 0.160. The van der Waals surface area contributed by atoms with Gasteiger partial charge in [0.25, 0.3) is 0 Å². The first kappa shape index (κ1) is 16.8. The van der Waals surface area contributed by atoms with Crippen LogP contribution >= 0.6 is 0 Å². The number of likely N-dealkylation sites (tertiary alicyclic amines) is 1. The number of pyridine rings is 1. The lowest BCUT2D eigenvalue weighted by atomic mass is 10.1. The van der Waals surface area contributed by atoms with Gasteiger partial charge in [0.2, 0.25) is 5.91 Å². The molecule has 2 aliphatic heterocycles. The number of anilines is 1. The Bertz CT molecular complexity index is 635. The van der Waals surface area contributed by atoms with Gasteiger partial charge in [-0.3, -0.25) is 14.7 Å². The molecule has 0 aromatic carbocycles. The number of hydrogen-bond acceptors (Lipinski definition) is 4. The summed E-state index contributed by atoms with van der Waals surface area (Å²) in [6.45, 7) is 10.4. The van der Waals surface area contributed by atoms with Gasteiger partial charge in [0.15, 0.2) is 0 Å². The van der Waals surface area contributed by atoms with Crippen molar-refractivity contribution in [3.8, 4) is 0 Å². The monoisotopic (exact) mass is 342 g/mol. The third-order valence-electron chi connectivity index (χ3n) is 5.91. The van der Waals surface area contributed by atoms with E-state index in [0.717, 1.165) is 62.9 Å². The number of amides is 1. The van der Waals surface area contributed by atoms with Gasteiger partial charge < -0.3 is 9.80 Å². The summed E-state index contributed by atoms with van der Waals surface area (Å²) < 4.78 is 0. The van der Waals surface area contributed by atoms with Crippen LogP contribution in [0.25, 0.3) is 0 Å². The fourth-order valence-electron chi connectivity index (χ4n) is 4.33. The van der Waals surface area contributed by atoms with Gasteiger partial charge in [0.1, 0.15) is 0 Å². The van der Waals surface area contributed by atoms with Crippen LogP contribution in [0.2, 0.25) is 0 Å². The molecule has 1 aromatic heterocycles. The van der Waals surface area contributed by atoms with Gasteiger partial charge in [-0.1, -0.05) is 0 Å². The van der Waals surface area contributed by atoms with E-state index >= 15 is 0 Å². The summed E-state index contributed by atoms with van der Waals surface area (Å²) in [5.41, 5.74) is 3.41. The van der Waals surface area contributed by atoms with E-state index in [4.69, 9.17) is 4.98 Å². The minimum Gasteiger partial charge on any atom is -0.369 e. The van der Waals surface area contributed by atoms with Gasteiger partial charge in [0.05, 0.1) is 11.7 Å². The summed E-state index contributed by atoms with van der Waals surface area (Å²) in [6, 6.07) is 4.59. The van der Waals surface area contributed by atoms with Crippen molar-refractivity contribution in [2.75, 3.05) is 44.2 Å². The highest BCUT2D eigenvalue weighted by molar-refractivity contribution is 5.74. The Labute approximate surface area is 151 Å². The highest BCUT2D eigenvalue weighted by atomic mass is 16.2. The zero-order valence-electron chi connectivity index (χ0n) is 15.6. The van der Waals surface area contributed by atoms with Crippen LogP contribution in [0.1, 0.15) is 50.0 Å². The first-order valence-corrected chi connectivity index (χ1v) is 9.83. The summed E-state index contributed by atoms with van der Waals surface area (Å²) >= 11 is 0. The van der Waals surface area contributed by atoms with Gasteiger partial charge >= 0.3 is 0 Å². The molecule has 0 bridgehead atoms. The topological polar surface area (TPSA) is 39.7 Å². The molecule has 1 atom stereocenters. The molecule has 0 unspecified atom stereocenters. The number of hydrogen-bond donors (Lipinski definition) is 0. The van der Waals surface area contributed by atoms with E-state index < -0.39 is 0 Å². The number of piperazine rings is 1. The van der Waals surface area contributed by atoms with Gasteiger partial charge in [-0.2, -0.15) is 0 Å². The van der Waals surface area contributed by atoms with E-state index in [0.29, 0.717) is 0 Å². The summed E-state index contributed by atoms with van der Waals surface area (Å²) in [5, 5.41) is 0. The molecule has 1 aromatic rings. The molecule has 0 spiro atoms. The second-order valence-corrected chi connectivity index (χ2v) is 7.99. The van der Waals surface area contributed by atoms with Crippen LogP contribution in [0.4, 0.5) is 5.69 Å². The van der Waals surface area contributed by atoms with Crippen molar-refractivity contribution in [2.24, 2.45) is 5.92 Å². The number of rotatable bonds is 4. The minimum atomic E-state index is 0.160. The van der Waals surface area contributed by atoms with Crippen LogP contribution in [0.3, 0.4) is 0 Å². The Morgan fingerprint density at radius 2 is 1.88 bits per heavy atom. The van der Waals surface area contributed by atoms with E-state index in [9.17, 15) is 4.79 Å². The molecule has 1 aliphatic carbocycles. The maximum atomic E-state index is 11.9. The Kier molecular flexibility index (Phi) is 4.67. The Morgan fingerprint density at radius 1 is 1.12 bits per heavy atom. The van der Waals surface area contributed by atoms with Crippen molar-refractivity contribution in [2.45, 2.75) is 45.6 Å². The lowest BCUT2D eigenvalue weighted by Crippen LogP contribution is -2.47. The molecule has 1 amide bonds. The van der Waals surface area contributed by atoms with Gasteiger partial charge in [-0.15, -0.1) is 0 Å². The molecule has 3 aliphatic rings. The fraction of sp³-hybridized carbons (Fsp3) is 0.700. The zero-order valence-corrected chi connectivity index (χ0v) is 15.6. The largest absolute Gasteiger partial charge is 0.369 e. The number of aryl methyl sites for hydroxylation is 1. The molecule has 3 fully saturated rings. The molecule has 0 radical (unpaired) electrons. The summed E-state index contributed by atoms with van der Waals surface area (Å²) in [4.78, 5) is 23.8. The fourth-order valence-corrected chi connectivity index (χ4v) is 4.33. The van der Waals surface area contributed by atoms with Gasteiger partial charge in [0, 0.05) is 57.6 Å². The van der Waals surface area contributed by atoms with E-state index in [1.807, 2.05) is 4.90 Å². The second-order valence-electron chi connectivity index (χ2n) is 7.99. The van der Waals surface area contributed by atoms with E-state index in [-0.39, 0.29) is 11.9 Å². The average Bonchev–Trinajstić information content (AvgIpc) is 3.26. The van der Waals surface area contributed by atoms with Crippen LogP contribution in [-0.2, 0) is 4.79 Å². The summed E-state index contributed by atoms with van der Waals surface area (Å²) in [7, 11) is 0. The molecule has 25 heavy (non-hydrogen) atoms.